The molecule has 0 spiro atoms. The van der Waals surface area contributed by atoms with E-state index in [4.69, 9.17) is 4.74 Å². The van der Waals surface area contributed by atoms with Crippen LogP contribution in [0, 0.1) is 0 Å². The van der Waals surface area contributed by atoms with E-state index in [1.807, 2.05) is 54.1 Å². The fraction of sp³-hybridized carbons (Fsp3) is 0.238. The van der Waals surface area contributed by atoms with Gasteiger partial charge in [-0.3, -0.25) is 4.79 Å². The predicted molar refractivity (Wildman–Crippen MR) is 98.8 cm³/mol. The van der Waals surface area contributed by atoms with Crippen molar-refractivity contribution in [2.24, 2.45) is 7.05 Å². The molecule has 0 saturated carbocycles. The van der Waals surface area contributed by atoms with Gasteiger partial charge in [0.25, 0.3) is 5.91 Å². The van der Waals surface area contributed by atoms with Gasteiger partial charge in [-0.2, -0.15) is 0 Å². The number of fused-ring (bicyclic) bond motifs is 2. The summed E-state index contributed by atoms with van der Waals surface area (Å²) in [6.07, 6.45) is 2.58. The van der Waals surface area contributed by atoms with E-state index in [0.29, 0.717) is 18.7 Å². The Labute approximate surface area is 151 Å². The summed E-state index contributed by atoms with van der Waals surface area (Å²) in [4.78, 5) is 26.7. The molecular formula is C21H20N2O3. The van der Waals surface area contributed by atoms with Gasteiger partial charge in [0.2, 0.25) is 0 Å². The quantitative estimate of drug-likeness (QED) is 0.684. The summed E-state index contributed by atoms with van der Waals surface area (Å²) >= 11 is 0. The Morgan fingerprint density at radius 2 is 1.77 bits per heavy atom. The van der Waals surface area contributed by atoms with E-state index >= 15 is 0 Å². The van der Waals surface area contributed by atoms with Gasteiger partial charge in [0.15, 0.2) is 6.61 Å². The van der Waals surface area contributed by atoms with Crippen LogP contribution in [-0.2, 0) is 29.5 Å². The molecule has 0 saturated heterocycles. The van der Waals surface area contributed by atoms with Crippen LogP contribution in [0.5, 0.6) is 0 Å². The lowest BCUT2D eigenvalue weighted by Gasteiger charge is -2.28. The van der Waals surface area contributed by atoms with Crippen LogP contribution in [0.15, 0.2) is 54.7 Å². The smallest absolute Gasteiger partial charge is 0.340 e. The van der Waals surface area contributed by atoms with Gasteiger partial charge in [-0.15, -0.1) is 0 Å². The summed E-state index contributed by atoms with van der Waals surface area (Å²) in [6, 6.07) is 15.8. The molecule has 2 heterocycles. The van der Waals surface area contributed by atoms with Crippen LogP contribution in [0.1, 0.15) is 21.5 Å². The Hall–Kier alpha value is -3.08. The number of nitrogens with zero attached hydrogens (tertiary/aromatic N) is 2. The molecule has 26 heavy (non-hydrogen) atoms. The maximum atomic E-state index is 12.5. The Kier molecular flexibility index (Phi) is 4.21. The third-order valence-corrected chi connectivity index (χ3v) is 4.93. The van der Waals surface area contributed by atoms with Crippen molar-refractivity contribution in [3.8, 4) is 0 Å². The Bertz CT molecular complexity index is 990. The molecule has 0 fully saturated rings. The second-order valence-corrected chi connectivity index (χ2v) is 6.58. The summed E-state index contributed by atoms with van der Waals surface area (Å²) in [5.41, 5.74) is 3.88. The minimum atomic E-state index is -0.465. The van der Waals surface area contributed by atoms with Gasteiger partial charge >= 0.3 is 5.97 Å². The molecule has 1 amide bonds. The van der Waals surface area contributed by atoms with Crippen molar-refractivity contribution in [2.75, 3.05) is 13.2 Å². The van der Waals surface area contributed by atoms with Gasteiger partial charge < -0.3 is 14.2 Å². The van der Waals surface area contributed by atoms with Crippen LogP contribution in [0.3, 0.4) is 0 Å². The summed E-state index contributed by atoms with van der Waals surface area (Å²) < 4.78 is 7.19. The molecule has 3 aromatic rings. The van der Waals surface area contributed by atoms with Crippen molar-refractivity contribution in [1.29, 1.82) is 0 Å². The zero-order valence-corrected chi connectivity index (χ0v) is 14.6. The zero-order chi connectivity index (χ0) is 18.1. The molecule has 5 heteroatoms. The Morgan fingerprint density at radius 3 is 2.62 bits per heavy atom. The van der Waals surface area contributed by atoms with Gasteiger partial charge in [0.1, 0.15) is 0 Å². The van der Waals surface area contributed by atoms with Crippen LogP contribution in [-0.4, -0.2) is 34.5 Å². The summed E-state index contributed by atoms with van der Waals surface area (Å²) in [5, 5.41) is 0.833. The molecule has 5 nitrogen and oxygen atoms in total. The number of para-hydroxylation sites is 1. The highest BCUT2D eigenvalue weighted by Crippen LogP contribution is 2.21. The highest BCUT2D eigenvalue weighted by atomic mass is 16.5. The third-order valence-electron chi connectivity index (χ3n) is 4.93. The van der Waals surface area contributed by atoms with Crippen molar-refractivity contribution in [2.45, 2.75) is 13.0 Å². The van der Waals surface area contributed by atoms with Gasteiger partial charge in [0.05, 0.1) is 5.56 Å². The van der Waals surface area contributed by atoms with E-state index in [2.05, 4.69) is 6.07 Å². The van der Waals surface area contributed by atoms with Gasteiger partial charge in [0, 0.05) is 37.2 Å². The number of carbonyl (C=O) groups is 2. The molecule has 1 aliphatic rings. The highest BCUT2D eigenvalue weighted by Gasteiger charge is 2.22. The molecule has 4 rings (SSSR count). The molecule has 0 N–H and O–H groups in total. The molecule has 2 aromatic carbocycles. The molecule has 0 bridgehead atoms. The van der Waals surface area contributed by atoms with Crippen LogP contribution in [0.4, 0.5) is 0 Å². The largest absolute Gasteiger partial charge is 0.452 e. The minimum absolute atomic E-state index is 0.159. The number of aryl methyl sites for hydroxylation is 1. The predicted octanol–water partition coefficient (Wildman–Crippen LogP) is 2.92. The number of rotatable bonds is 3. The average molecular weight is 348 g/mol. The number of aromatic nitrogens is 1. The Balaban J connectivity index is 1.42. The van der Waals surface area contributed by atoms with Crippen LogP contribution in [0.25, 0.3) is 10.9 Å². The van der Waals surface area contributed by atoms with Crippen molar-refractivity contribution < 1.29 is 14.3 Å². The number of carbonyl (C=O) groups excluding carboxylic acids is 2. The topological polar surface area (TPSA) is 51.5 Å². The molecule has 1 aliphatic heterocycles. The van der Waals surface area contributed by atoms with Gasteiger partial charge in [-0.05, 0) is 23.6 Å². The van der Waals surface area contributed by atoms with Crippen molar-refractivity contribution >= 4 is 22.8 Å². The van der Waals surface area contributed by atoms with E-state index in [1.165, 1.54) is 5.56 Å². The fourth-order valence-corrected chi connectivity index (χ4v) is 3.51. The molecule has 0 aliphatic carbocycles. The highest BCUT2D eigenvalue weighted by molar-refractivity contribution is 6.04. The molecule has 0 unspecified atom stereocenters. The molecule has 0 radical (unpaired) electrons. The average Bonchev–Trinajstić information content (AvgIpc) is 3.02. The zero-order valence-electron chi connectivity index (χ0n) is 14.6. The van der Waals surface area contributed by atoms with Gasteiger partial charge in [-0.1, -0.05) is 42.5 Å². The van der Waals surface area contributed by atoms with E-state index < -0.39 is 5.97 Å². The first-order valence-corrected chi connectivity index (χ1v) is 8.69. The second-order valence-electron chi connectivity index (χ2n) is 6.58. The molecule has 132 valence electrons. The number of hydrogen-bond donors (Lipinski definition) is 0. The van der Waals surface area contributed by atoms with E-state index in [-0.39, 0.29) is 12.5 Å². The lowest BCUT2D eigenvalue weighted by Crippen LogP contribution is -2.38. The first-order chi connectivity index (χ1) is 12.6. The minimum Gasteiger partial charge on any atom is -0.452 e. The van der Waals surface area contributed by atoms with Crippen molar-refractivity contribution in [1.82, 2.24) is 9.47 Å². The molecular weight excluding hydrogens is 328 g/mol. The molecule has 1 aromatic heterocycles. The maximum Gasteiger partial charge on any atom is 0.340 e. The van der Waals surface area contributed by atoms with Crippen LogP contribution >= 0.6 is 0 Å². The van der Waals surface area contributed by atoms with Crippen molar-refractivity contribution in [3.05, 3.63) is 71.4 Å². The first-order valence-electron chi connectivity index (χ1n) is 8.69. The van der Waals surface area contributed by atoms with Gasteiger partial charge in [-0.25, -0.2) is 4.79 Å². The third kappa shape index (κ3) is 2.96. The lowest BCUT2D eigenvalue weighted by atomic mass is 10.00. The molecule has 0 atom stereocenters. The van der Waals surface area contributed by atoms with Crippen LogP contribution in [0.2, 0.25) is 0 Å². The first kappa shape index (κ1) is 16.4. The number of esters is 1. The number of ether oxygens (including phenoxy) is 1. The summed E-state index contributed by atoms with van der Waals surface area (Å²) in [6.45, 7) is 0.993. The number of benzene rings is 2. The SMILES string of the molecule is Cn1cc(C(=O)OCC(=O)N2CCc3ccccc3C2)c2ccccc21. The maximum absolute atomic E-state index is 12.5. The number of hydrogen-bond acceptors (Lipinski definition) is 3. The fourth-order valence-electron chi connectivity index (χ4n) is 3.51. The van der Waals surface area contributed by atoms with Crippen LogP contribution < -0.4 is 0 Å². The van der Waals surface area contributed by atoms with E-state index in [0.717, 1.165) is 22.9 Å². The van der Waals surface area contributed by atoms with Crippen molar-refractivity contribution in [3.63, 3.8) is 0 Å². The standard InChI is InChI=1S/C21H20N2O3/c1-22-13-18(17-8-4-5-9-19(17)22)21(25)26-14-20(24)23-11-10-15-6-2-3-7-16(15)12-23/h2-9,13H,10-12,14H2,1H3. The normalized spacial score (nSPS) is 13.5. The summed E-state index contributed by atoms with van der Waals surface area (Å²) in [7, 11) is 1.88. The summed E-state index contributed by atoms with van der Waals surface area (Å²) in [5.74, 6) is -0.624. The van der Waals surface area contributed by atoms with E-state index in [9.17, 15) is 9.59 Å². The monoisotopic (exact) mass is 348 g/mol. The van der Waals surface area contributed by atoms with E-state index in [1.54, 1.807) is 11.1 Å². The second kappa shape index (κ2) is 6.67. The lowest BCUT2D eigenvalue weighted by molar-refractivity contribution is -0.135. The Morgan fingerprint density at radius 1 is 1.04 bits per heavy atom. The number of amides is 1.